The predicted octanol–water partition coefficient (Wildman–Crippen LogP) is 1.51. The molecule has 1 atom stereocenters. The molecule has 1 rings (SSSR count). The maximum Gasteiger partial charge on any atom is 0.0525 e. The Balaban J connectivity index is 2.39. The van der Waals surface area contributed by atoms with E-state index in [2.05, 4.69) is 54.0 Å². The van der Waals surface area contributed by atoms with Gasteiger partial charge in [0, 0.05) is 31.9 Å². The Morgan fingerprint density at radius 1 is 1.50 bits per heavy atom. The van der Waals surface area contributed by atoms with Gasteiger partial charge in [-0.05, 0) is 33.5 Å². The minimum atomic E-state index is 0.487. The van der Waals surface area contributed by atoms with Crippen molar-refractivity contribution in [1.82, 2.24) is 20.0 Å². The van der Waals surface area contributed by atoms with Gasteiger partial charge in [-0.25, -0.2) is 0 Å². The molecular weight excluding hydrogens is 200 g/mol. The molecule has 1 aromatic rings. The van der Waals surface area contributed by atoms with Crippen LogP contribution in [-0.2, 0) is 6.54 Å². The van der Waals surface area contributed by atoms with Crippen LogP contribution in [-0.4, -0.2) is 41.9 Å². The van der Waals surface area contributed by atoms with Crippen LogP contribution >= 0.6 is 0 Å². The molecule has 1 aromatic heterocycles. The van der Waals surface area contributed by atoms with Gasteiger partial charge in [-0.3, -0.25) is 4.68 Å². The van der Waals surface area contributed by atoms with Crippen LogP contribution in [0.3, 0.4) is 0 Å². The largest absolute Gasteiger partial charge is 0.310 e. The highest BCUT2D eigenvalue weighted by molar-refractivity contribution is 5.01. The van der Waals surface area contributed by atoms with Gasteiger partial charge >= 0.3 is 0 Å². The van der Waals surface area contributed by atoms with Gasteiger partial charge in [0.15, 0.2) is 0 Å². The van der Waals surface area contributed by atoms with Gasteiger partial charge in [0.05, 0.1) is 5.69 Å². The topological polar surface area (TPSA) is 33.1 Å². The molecule has 0 saturated carbocycles. The lowest BCUT2D eigenvalue weighted by Gasteiger charge is -2.15. The average molecular weight is 224 g/mol. The Morgan fingerprint density at radius 2 is 2.25 bits per heavy atom. The molecule has 4 nitrogen and oxygen atoms in total. The van der Waals surface area contributed by atoms with E-state index in [1.807, 2.05) is 6.20 Å². The number of rotatable bonds is 7. The second kappa shape index (κ2) is 6.66. The first-order valence-electron chi connectivity index (χ1n) is 6.03. The molecule has 1 unspecified atom stereocenters. The molecule has 0 fully saturated rings. The number of nitrogens with zero attached hydrogens (tertiary/aromatic N) is 3. The fraction of sp³-hybridized carbons (Fsp3) is 0.750. The molecule has 0 aromatic carbocycles. The Morgan fingerprint density at radius 3 is 2.88 bits per heavy atom. The van der Waals surface area contributed by atoms with Crippen molar-refractivity contribution in [2.45, 2.75) is 32.9 Å². The first-order chi connectivity index (χ1) is 7.65. The van der Waals surface area contributed by atoms with Gasteiger partial charge in [0.25, 0.3) is 0 Å². The van der Waals surface area contributed by atoms with Crippen molar-refractivity contribution >= 4 is 0 Å². The van der Waals surface area contributed by atoms with Gasteiger partial charge in [0.2, 0.25) is 0 Å². The molecule has 4 heteroatoms. The van der Waals surface area contributed by atoms with Crippen molar-refractivity contribution in [3.63, 3.8) is 0 Å². The third-order valence-electron chi connectivity index (χ3n) is 2.80. The zero-order chi connectivity index (χ0) is 12.0. The number of aromatic nitrogens is 2. The van der Waals surface area contributed by atoms with Crippen LogP contribution in [0.15, 0.2) is 12.3 Å². The van der Waals surface area contributed by atoms with Crippen molar-refractivity contribution in [1.29, 1.82) is 0 Å². The van der Waals surface area contributed by atoms with Crippen LogP contribution < -0.4 is 5.32 Å². The zero-order valence-corrected chi connectivity index (χ0v) is 10.9. The highest BCUT2D eigenvalue weighted by Crippen LogP contribution is 2.11. The summed E-state index contributed by atoms with van der Waals surface area (Å²) >= 11 is 0. The number of hydrogen-bond acceptors (Lipinski definition) is 3. The molecule has 1 heterocycles. The molecule has 0 spiro atoms. The van der Waals surface area contributed by atoms with E-state index in [9.17, 15) is 0 Å². The van der Waals surface area contributed by atoms with Crippen LogP contribution in [0.25, 0.3) is 0 Å². The average Bonchev–Trinajstić information content (AvgIpc) is 2.71. The summed E-state index contributed by atoms with van der Waals surface area (Å²) in [5, 5.41) is 7.80. The lowest BCUT2D eigenvalue weighted by Crippen LogP contribution is -2.27. The molecule has 0 aliphatic rings. The lowest BCUT2D eigenvalue weighted by molar-refractivity contribution is 0.394. The molecule has 0 aliphatic heterocycles. The minimum absolute atomic E-state index is 0.487. The molecule has 0 aliphatic carbocycles. The van der Waals surface area contributed by atoms with E-state index >= 15 is 0 Å². The number of nitrogens with one attached hydrogen (secondary N) is 1. The molecule has 16 heavy (non-hydrogen) atoms. The van der Waals surface area contributed by atoms with E-state index in [1.54, 1.807) is 0 Å². The smallest absolute Gasteiger partial charge is 0.0525 e. The van der Waals surface area contributed by atoms with Gasteiger partial charge in [-0.15, -0.1) is 0 Å². The van der Waals surface area contributed by atoms with Crippen LogP contribution in [0.5, 0.6) is 0 Å². The lowest BCUT2D eigenvalue weighted by atomic mass is 10.2. The van der Waals surface area contributed by atoms with Gasteiger partial charge in [-0.1, -0.05) is 6.92 Å². The molecule has 0 amide bonds. The van der Waals surface area contributed by atoms with E-state index in [-0.39, 0.29) is 0 Å². The molecule has 0 radical (unpaired) electrons. The van der Waals surface area contributed by atoms with Crippen LogP contribution in [0, 0.1) is 0 Å². The normalized spacial score (nSPS) is 13.3. The standard InChI is InChI=1S/C12H24N4/c1-5-11(2)16-12(6-7-14-16)10-13-8-9-15(3)4/h6-7,11,13H,5,8-10H2,1-4H3. The minimum Gasteiger partial charge on any atom is -0.310 e. The summed E-state index contributed by atoms with van der Waals surface area (Å²) < 4.78 is 2.11. The zero-order valence-electron chi connectivity index (χ0n) is 10.9. The first-order valence-corrected chi connectivity index (χ1v) is 6.03. The highest BCUT2D eigenvalue weighted by Gasteiger charge is 2.07. The Kier molecular flexibility index (Phi) is 5.49. The molecule has 0 bridgehead atoms. The fourth-order valence-electron chi connectivity index (χ4n) is 1.57. The van der Waals surface area contributed by atoms with E-state index < -0.39 is 0 Å². The summed E-state index contributed by atoms with van der Waals surface area (Å²) in [7, 11) is 4.18. The van der Waals surface area contributed by atoms with Crippen molar-refractivity contribution in [2.75, 3.05) is 27.2 Å². The van der Waals surface area contributed by atoms with E-state index in [4.69, 9.17) is 0 Å². The van der Waals surface area contributed by atoms with Crippen LogP contribution in [0.1, 0.15) is 32.0 Å². The van der Waals surface area contributed by atoms with Crippen molar-refractivity contribution in [2.24, 2.45) is 0 Å². The van der Waals surface area contributed by atoms with Crippen LogP contribution in [0.2, 0.25) is 0 Å². The van der Waals surface area contributed by atoms with E-state index in [1.165, 1.54) is 5.69 Å². The Hall–Kier alpha value is -0.870. The third kappa shape index (κ3) is 3.94. The fourth-order valence-corrected chi connectivity index (χ4v) is 1.57. The summed E-state index contributed by atoms with van der Waals surface area (Å²) in [6.45, 7) is 7.38. The SMILES string of the molecule is CCC(C)n1nccc1CNCCN(C)C. The highest BCUT2D eigenvalue weighted by atomic mass is 15.3. The quantitative estimate of drug-likeness (QED) is 0.713. The second-order valence-electron chi connectivity index (χ2n) is 4.50. The van der Waals surface area contributed by atoms with Gasteiger partial charge in [-0.2, -0.15) is 5.10 Å². The van der Waals surface area contributed by atoms with E-state index in [0.717, 1.165) is 26.1 Å². The van der Waals surface area contributed by atoms with Gasteiger partial charge < -0.3 is 10.2 Å². The predicted molar refractivity (Wildman–Crippen MR) is 67.5 cm³/mol. The maximum atomic E-state index is 4.37. The van der Waals surface area contributed by atoms with Crippen molar-refractivity contribution < 1.29 is 0 Å². The molecule has 92 valence electrons. The van der Waals surface area contributed by atoms with Crippen LogP contribution in [0.4, 0.5) is 0 Å². The molecule has 0 saturated heterocycles. The molecule has 1 N–H and O–H groups in total. The second-order valence-corrected chi connectivity index (χ2v) is 4.50. The van der Waals surface area contributed by atoms with Gasteiger partial charge in [0.1, 0.15) is 0 Å². The van der Waals surface area contributed by atoms with E-state index in [0.29, 0.717) is 6.04 Å². The van der Waals surface area contributed by atoms with Crippen molar-refractivity contribution in [3.8, 4) is 0 Å². The monoisotopic (exact) mass is 224 g/mol. The van der Waals surface area contributed by atoms with Crippen molar-refractivity contribution in [3.05, 3.63) is 18.0 Å². The maximum absolute atomic E-state index is 4.37. The third-order valence-corrected chi connectivity index (χ3v) is 2.80. The molecular formula is C12H24N4. The summed E-state index contributed by atoms with van der Waals surface area (Å²) in [5.74, 6) is 0. The summed E-state index contributed by atoms with van der Waals surface area (Å²) in [6.07, 6.45) is 3.00. The summed E-state index contributed by atoms with van der Waals surface area (Å²) in [4.78, 5) is 2.18. The summed E-state index contributed by atoms with van der Waals surface area (Å²) in [6, 6.07) is 2.58. The summed E-state index contributed by atoms with van der Waals surface area (Å²) in [5.41, 5.74) is 1.27. The first kappa shape index (κ1) is 13.2. The Labute approximate surface area is 98.6 Å². The number of likely N-dealkylation sites (N-methyl/N-ethyl adjacent to an activating group) is 1. The Bertz CT molecular complexity index is 293. The number of hydrogen-bond donors (Lipinski definition) is 1.